The maximum atomic E-state index is 5.91. The largest absolute Gasteiger partial charge is 0.381 e. The SMILES string of the molecule is COC1CCC2OCCN(Cc3cnc(N)s3)C2C1. The molecular formula is C13H21N3O2S. The summed E-state index contributed by atoms with van der Waals surface area (Å²) in [5, 5.41) is 0.651. The predicted molar refractivity (Wildman–Crippen MR) is 75.1 cm³/mol. The van der Waals surface area contributed by atoms with Gasteiger partial charge in [-0.05, 0) is 19.3 Å². The highest BCUT2D eigenvalue weighted by atomic mass is 32.1. The molecule has 1 saturated heterocycles. The van der Waals surface area contributed by atoms with Gasteiger partial charge in [0, 0.05) is 37.3 Å². The van der Waals surface area contributed by atoms with Crippen LogP contribution >= 0.6 is 11.3 Å². The maximum absolute atomic E-state index is 5.91. The minimum atomic E-state index is 0.366. The van der Waals surface area contributed by atoms with Crippen LogP contribution in [0.3, 0.4) is 0 Å². The van der Waals surface area contributed by atoms with Crippen LogP contribution in [0.4, 0.5) is 5.13 Å². The molecule has 2 fully saturated rings. The first kappa shape index (κ1) is 13.3. The number of morpholine rings is 1. The topological polar surface area (TPSA) is 60.6 Å². The smallest absolute Gasteiger partial charge is 0.180 e. The minimum Gasteiger partial charge on any atom is -0.381 e. The Morgan fingerprint density at radius 2 is 2.47 bits per heavy atom. The second-order valence-electron chi connectivity index (χ2n) is 5.28. The number of ether oxygens (including phenoxy) is 2. The number of rotatable bonds is 3. The molecule has 1 saturated carbocycles. The molecule has 1 aromatic rings. The van der Waals surface area contributed by atoms with E-state index in [-0.39, 0.29) is 0 Å². The molecule has 0 radical (unpaired) electrons. The summed E-state index contributed by atoms with van der Waals surface area (Å²) in [7, 11) is 1.81. The number of hydrogen-bond acceptors (Lipinski definition) is 6. The molecule has 3 atom stereocenters. The van der Waals surface area contributed by atoms with Crippen molar-refractivity contribution in [2.45, 2.75) is 44.1 Å². The lowest BCUT2D eigenvalue weighted by Gasteiger charge is -2.45. The molecule has 0 amide bonds. The van der Waals surface area contributed by atoms with Crippen LogP contribution in [0.1, 0.15) is 24.1 Å². The van der Waals surface area contributed by atoms with Crippen LogP contribution in [-0.4, -0.2) is 48.4 Å². The van der Waals surface area contributed by atoms with Crippen LogP contribution in [0.15, 0.2) is 6.20 Å². The van der Waals surface area contributed by atoms with Crippen molar-refractivity contribution in [2.75, 3.05) is 26.0 Å². The van der Waals surface area contributed by atoms with Crippen molar-refractivity contribution in [2.24, 2.45) is 0 Å². The van der Waals surface area contributed by atoms with E-state index in [1.807, 2.05) is 13.3 Å². The molecule has 2 heterocycles. The summed E-state index contributed by atoms with van der Waals surface area (Å²) in [5.74, 6) is 0. The normalized spacial score (nSPS) is 32.2. The molecule has 0 bridgehead atoms. The first-order valence-corrected chi connectivity index (χ1v) is 7.66. The number of thiazole rings is 1. The molecule has 19 heavy (non-hydrogen) atoms. The van der Waals surface area contributed by atoms with E-state index in [0.717, 1.165) is 39.0 Å². The third-order valence-electron chi connectivity index (χ3n) is 4.15. The van der Waals surface area contributed by atoms with Gasteiger partial charge in [0.2, 0.25) is 0 Å². The molecule has 0 spiro atoms. The highest BCUT2D eigenvalue weighted by Gasteiger charge is 2.37. The number of aromatic nitrogens is 1. The van der Waals surface area contributed by atoms with Crippen LogP contribution in [0.25, 0.3) is 0 Å². The summed E-state index contributed by atoms with van der Waals surface area (Å²) in [4.78, 5) is 7.87. The highest BCUT2D eigenvalue weighted by Crippen LogP contribution is 2.31. The standard InChI is InChI=1S/C13H21N3O2S/c1-17-9-2-3-12-11(6-9)16(4-5-18-12)8-10-7-15-13(14)19-10/h7,9,11-12H,2-6,8H2,1H3,(H2,14,15). The Balaban J connectivity index is 1.69. The third kappa shape index (κ3) is 2.91. The molecule has 2 N–H and O–H groups in total. The van der Waals surface area contributed by atoms with Crippen molar-refractivity contribution >= 4 is 16.5 Å². The van der Waals surface area contributed by atoms with E-state index in [2.05, 4.69) is 9.88 Å². The fourth-order valence-corrected chi connectivity index (χ4v) is 3.86. The lowest BCUT2D eigenvalue weighted by atomic mass is 9.88. The van der Waals surface area contributed by atoms with E-state index in [1.165, 1.54) is 4.88 Å². The Bertz CT molecular complexity index is 426. The van der Waals surface area contributed by atoms with E-state index in [0.29, 0.717) is 23.4 Å². The molecule has 5 nitrogen and oxygen atoms in total. The van der Waals surface area contributed by atoms with Crippen LogP contribution in [0, 0.1) is 0 Å². The van der Waals surface area contributed by atoms with Crippen molar-refractivity contribution in [3.05, 3.63) is 11.1 Å². The molecule has 1 aromatic heterocycles. The van der Waals surface area contributed by atoms with Gasteiger partial charge in [-0.2, -0.15) is 0 Å². The Morgan fingerprint density at radius 1 is 1.58 bits per heavy atom. The Labute approximate surface area is 117 Å². The average Bonchev–Trinajstić information content (AvgIpc) is 2.84. The summed E-state index contributed by atoms with van der Waals surface area (Å²) in [6.45, 7) is 2.73. The molecule has 0 aromatic carbocycles. The van der Waals surface area contributed by atoms with Gasteiger partial charge in [-0.25, -0.2) is 4.98 Å². The van der Waals surface area contributed by atoms with Crippen LogP contribution in [-0.2, 0) is 16.0 Å². The number of methoxy groups -OCH3 is 1. The molecular weight excluding hydrogens is 262 g/mol. The predicted octanol–water partition coefficient (Wildman–Crippen LogP) is 1.49. The lowest BCUT2D eigenvalue weighted by molar-refractivity contribution is -0.115. The van der Waals surface area contributed by atoms with E-state index >= 15 is 0 Å². The molecule has 1 aliphatic heterocycles. The number of hydrogen-bond donors (Lipinski definition) is 1. The maximum Gasteiger partial charge on any atom is 0.180 e. The van der Waals surface area contributed by atoms with E-state index in [1.54, 1.807) is 11.3 Å². The number of nitrogens with two attached hydrogens (primary N) is 1. The van der Waals surface area contributed by atoms with Gasteiger partial charge in [0.05, 0.1) is 18.8 Å². The summed E-state index contributed by atoms with van der Waals surface area (Å²) >= 11 is 1.58. The molecule has 6 heteroatoms. The fraction of sp³-hybridized carbons (Fsp3) is 0.769. The van der Waals surface area contributed by atoms with Crippen molar-refractivity contribution in [3.63, 3.8) is 0 Å². The Hall–Kier alpha value is -0.690. The van der Waals surface area contributed by atoms with E-state index < -0.39 is 0 Å². The van der Waals surface area contributed by atoms with Gasteiger partial charge in [-0.1, -0.05) is 0 Å². The number of anilines is 1. The van der Waals surface area contributed by atoms with Crippen molar-refractivity contribution in [1.29, 1.82) is 0 Å². The van der Waals surface area contributed by atoms with Gasteiger partial charge < -0.3 is 15.2 Å². The van der Waals surface area contributed by atoms with Gasteiger partial charge in [0.15, 0.2) is 5.13 Å². The first-order chi connectivity index (χ1) is 9.26. The number of fused-ring (bicyclic) bond motifs is 1. The minimum absolute atomic E-state index is 0.366. The average molecular weight is 283 g/mol. The van der Waals surface area contributed by atoms with Gasteiger partial charge >= 0.3 is 0 Å². The second-order valence-corrected chi connectivity index (χ2v) is 6.43. The Morgan fingerprint density at radius 3 is 3.21 bits per heavy atom. The molecule has 3 unspecified atom stereocenters. The van der Waals surface area contributed by atoms with Crippen LogP contribution in [0.2, 0.25) is 0 Å². The van der Waals surface area contributed by atoms with Crippen molar-refractivity contribution in [1.82, 2.24) is 9.88 Å². The quantitative estimate of drug-likeness (QED) is 0.911. The highest BCUT2D eigenvalue weighted by molar-refractivity contribution is 7.15. The number of nitrogen functional groups attached to an aromatic ring is 1. The van der Waals surface area contributed by atoms with Gasteiger partial charge in [0.25, 0.3) is 0 Å². The second kappa shape index (κ2) is 5.75. The third-order valence-corrected chi connectivity index (χ3v) is 4.96. The zero-order valence-corrected chi connectivity index (χ0v) is 12.1. The van der Waals surface area contributed by atoms with E-state index in [4.69, 9.17) is 15.2 Å². The van der Waals surface area contributed by atoms with Gasteiger partial charge in [-0.15, -0.1) is 11.3 Å². The van der Waals surface area contributed by atoms with E-state index in [9.17, 15) is 0 Å². The van der Waals surface area contributed by atoms with Crippen molar-refractivity contribution < 1.29 is 9.47 Å². The monoisotopic (exact) mass is 283 g/mol. The fourth-order valence-electron chi connectivity index (χ4n) is 3.15. The van der Waals surface area contributed by atoms with Crippen molar-refractivity contribution in [3.8, 4) is 0 Å². The zero-order valence-electron chi connectivity index (χ0n) is 11.2. The molecule has 3 rings (SSSR count). The number of nitrogens with zero attached hydrogens (tertiary/aromatic N) is 2. The summed E-state index contributed by atoms with van der Waals surface area (Å²) in [5.41, 5.74) is 5.70. The van der Waals surface area contributed by atoms with Gasteiger partial charge in [-0.3, -0.25) is 4.90 Å². The van der Waals surface area contributed by atoms with Crippen LogP contribution < -0.4 is 5.73 Å². The lowest BCUT2D eigenvalue weighted by Crippen LogP contribution is -2.54. The molecule has 1 aliphatic carbocycles. The summed E-state index contributed by atoms with van der Waals surface area (Å²) in [6, 6.07) is 0.468. The zero-order chi connectivity index (χ0) is 13.2. The summed E-state index contributed by atoms with van der Waals surface area (Å²) in [6.07, 6.45) is 5.91. The Kier molecular flexibility index (Phi) is 4.02. The van der Waals surface area contributed by atoms with Gasteiger partial charge in [0.1, 0.15) is 0 Å². The molecule has 106 valence electrons. The molecule has 2 aliphatic rings. The summed E-state index contributed by atoms with van der Waals surface area (Å²) < 4.78 is 11.4. The first-order valence-electron chi connectivity index (χ1n) is 6.85. The van der Waals surface area contributed by atoms with Crippen LogP contribution in [0.5, 0.6) is 0 Å².